The summed E-state index contributed by atoms with van der Waals surface area (Å²) in [7, 11) is 1.41. The fraction of sp³-hybridized carbons (Fsp3) is 1.00. The molecule has 0 aromatic carbocycles. The maximum absolute atomic E-state index is 9.52. The van der Waals surface area contributed by atoms with Crippen molar-refractivity contribution in [2.75, 3.05) is 13.7 Å². The van der Waals surface area contributed by atoms with Crippen molar-refractivity contribution in [1.82, 2.24) is 0 Å². The van der Waals surface area contributed by atoms with E-state index in [2.05, 4.69) is 15.1 Å². The van der Waals surface area contributed by atoms with Gasteiger partial charge in [0.2, 0.25) is 0 Å². The van der Waals surface area contributed by atoms with Gasteiger partial charge in [-0.15, -0.1) is 0 Å². The minimum absolute atomic E-state index is 0.0537. The summed E-state index contributed by atoms with van der Waals surface area (Å²) in [6.45, 7) is 0.0537. The van der Waals surface area contributed by atoms with Crippen molar-refractivity contribution in [2.45, 2.75) is 24.5 Å². The van der Waals surface area contributed by atoms with Gasteiger partial charge in [-0.25, -0.2) is 5.53 Å². The second kappa shape index (κ2) is 4.87. The molecule has 0 saturated carbocycles. The molecular weight excluding hydrogens is 190 g/mol. The Labute approximate surface area is 79.9 Å². The monoisotopic (exact) mass is 201 g/mol. The van der Waals surface area contributed by atoms with Crippen LogP contribution in [0.4, 0.5) is 0 Å². The molecule has 0 aromatic heterocycles. The Hall–Kier alpha value is -1.21. The third-order valence-electron chi connectivity index (χ3n) is 2.03. The highest BCUT2D eigenvalue weighted by Gasteiger charge is 2.43. The molecule has 1 saturated heterocycles. The zero-order valence-electron chi connectivity index (χ0n) is 7.57. The van der Waals surface area contributed by atoms with Gasteiger partial charge in [0.15, 0.2) is 6.23 Å². The van der Waals surface area contributed by atoms with Gasteiger partial charge in [-0.2, -0.15) is 5.11 Å². The maximum atomic E-state index is 9.52. The van der Waals surface area contributed by atoms with Crippen molar-refractivity contribution in [1.29, 1.82) is 5.53 Å². The van der Waals surface area contributed by atoms with Gasteiger partial charge < -0.3 is 14.6 Å². The molecular formula is C6H11N5O3. The van der Waals surface area contributed by atoms with Gasteiger partial charge in [0.05, 0.1) is 12.6 Å². The third-order valence-corrected chi connectivity index (χ3v) is 2.03. The van der Waals surface area contributed by atoms with Crippen molar-refractivity contribution >= 4 is 0 Å². The van der Waals surface area contributed by atoms with Crippen LogP contribution in [0.15, 0.2) is 10.2 Å². The summed E-state index contributed by atoms with van der Waals surface area (Å²) in [5.41, 5.74) is 14.9. The number of aliphatic hydroxyl groups excluding tert-OH is 1. The highest BCUT2D eigenvalue weighted by Crippen LogP contribution is 2.24. The molecule has 1 aliphatic heterocycles. The SMILES string of the molecule is COC1[C@@H](CN=[N+]=[N-])O[C@@H](N=N)[C@H]1O. The molecule has 14 heavy (non-hydrogen) atoms. The summed E-state index contributed by atoms with van der Waals surface area (Å²) in [6, 6.07) is 0. The summed E-state index contributed by atoms with van der Waals surface area (Å²) in [5.74, 6) is 0. The summed E-state index contributed by atoms with van der Waals surface area (Å²) in [4.78, 5) is 2.57. The zero-order chi connectivity index (χ0) is 10.6. The Morgan fingerprint density at radius 1 is 1.71 bits per heavy atom. The van der Waals surface area contributed by atoms with Crippen molar-refractivity contribution in [2.24, 2.45) is 10.2 Å². The van der Waals surface area contributed by atoms with Gasteiger partial charge in [0.25, 0.3) is 0 Å². The Morgan fingerprint density at radius 3 is 2.93 bits per heavy atom. The van der Waals surface area contributed by atoms with Crippen LogP contribution in [0.2, 0.25) is 0 Å². The first-order chi connectivity index (χ1) is 6.74. The van der Waals surface area contributed by atoms with Crippen molar-refractivity contribution in [3.63, 3.8) is 0 Å². The number of nitrogens with one attached hydrogen (secondary N) is 1. The molecule has 8 heteroatoms. The largest absolute Gasteiger partial charge is 0.385 e. The smallest absolute Gasteiger partial charge is 0.197 e. The molecule has 0 aromatic rings. The molecule has 2 N–H and O–H groups in total. The van der Waals surface area contributed by atoms with E-state index < -0.39 is 24.5 Å². The molecule has 0 aliphatic carbocycles. The molecule has 78 valence electrons. The lowest BCUT2D eigenvalue weighted by Crippen LogP contribution is -2.35. The molecule has 0 amide bonds. The van der Waals surface area contributed by atoms with E-state index >= 15 is 0 Å². The molecule has 0 bridgehead atoms. The zero-order valence-corrected chi connectivity index (χ0v) is 7.57. The van der Waals surface area contributed by atoms with Crippen LogP contribution in [-0.2, 0) is 9.47 Å². The lowest BCUT2D eigenvalue weighted by atomic mass is 10.1. The highest BCUT2D eigenvalue weighted by atomic mass is 16.6. The van der Waals surface area contributed by atoms with Gasteiger partial charge >= 0.3 is 0 Å². The molecule has 1 rings (SSSR count). The van der Waals surface area contributed by atoms with E-state index in [4.69, 9.17) is 20.5 Å². The van der Waals surface area contributed by atoms with Crippen molar-refractivity contribution in [3.8, 4) is 0 Å². The lowest BCUT2D eigenvalue weighted by Gasteiger charge is -2.15. The van der Waals surface area contributed by atoms with Gasteiger partial charge in [-0.1, -0.05) is 5.11 Å². The van der Waals surface area contributed by atoms with Gasteiger partial charge in [0, 0.05) is 12.0 Å². The number of nitrogens with zero attached hydrogens (tertiary/aromatic N) is 4. The van der Waals surface area contributed by atoms with E-state index in [1.54, 1.807) is 0 Å². The Bertz CT molecular complexity index is 254. The van der Waals surface area contributed by atoms with Gasteiger partial charge in [0.1, 0.15) is 12.2 Å². The first-order valence-electron chi connectivity index (χ1n) is 3.98. The average molecular weight is 201 g/mol. The normalized spacial score (nSPS) is 36.4. The van der Waals surface area contributed by atoms with E-state index in [1.165, 1.54) is 7.11 Å². The highest BCUT2D eigenvalue weighted by molar-refractivity contribution is 4.90. The number of hydrogen-bond donors (Lipinski definition) is 2. The van der Waals surface area contributed by atoms with Gasteiger partial charge in [-0.3, -0.25) is 0 Å². The van der Waals surface area contributed by atoms with Crippen LogP contribution in [0.25, 0.3) is 10.4 Å². The molecule has 8 nitrogen and oxygen atoms in total. The van der Waals surface area contributed by atoms with E-state index in [0.29, 0.717) is 0 Å². The van der Waals surface area contributed by atoms with Crippen LogP contribution in [0.1, 0.15) is 0 Å². The number of azide groups is 1. The summed E-state index contributed by atoms with van der Waals surface area (Å²) >= 11 is 0. The molecule has 4 atom stereocenters. The van der Waals surface area contributed by atoms with Crippen LogP contribution in [-0.4, -0.2) is 43.3 Å². The first-order valence-corrected chi connectivity index (χ1v) is 3.98. The summed E-state index contributed by atoms with van der Waals surface area (Å²) < 4.78 is 10.1. The minimum atomic E-state index is -0.989. The predicted octanol–water partition coefficient (Wildman–Crippen LogP) is 0.428. The standard InChI is InChI=1S/C6H11N5O3/c1-13-5-3(2-9-11-8)14-6(10-7)4(5)12/h3-7,12H,2H2,1H3/t3-,4+,5?,6-/m1/s1. The number of hydrogen-bond acceptors (Lipinski definition) is 6. The lowest BCUT2D eigenvalue weighted by molar-refractivity contribution is -0.00680. The minimum Gasteiger partial charge on any atom is -0.385 e. The first kappa shape index (κ1) is 10.9. The average Bonchev–Trinajstić information content (AvgIpc) is 2.51. The van der Waals surface area contributed by atoms with Crippen LogP contribution in [0.3, 0.4) is 0 Å². The molecule has 0 radical (unpaired) electrons. The second-order valence-electron chi connectivity index (χ2n) is 2.80. The number of rotatable bonds is 4. The Kier molecular flexibility index (Phi) is 3.78. The Balaban J connectivity index is 2.66. The summed E-state index contributed by atoms with van der Waals surface area (Å²) in [5, 5.41) is 15.9. The van der Waals surface area contributed by atoms with E-state index in [0.717, 1.165) is 0 Å². The van der Waals surface area contributed by atoms with E-state index in [9.17, 15) is 5.11 Å². The fourth-order valence-electron chi connectivity index (χ4n) is 1.38. The van der Waals surface area contributed by atoms with Crippen LogP contribution in [0, 0.1) is 5.53 Å². The second-order valence-corrected chi connectivity index (χ2v) is 2.80. The number of ether oxygens (including phenoxy) is 2. The van der Waals surface area contributed by atoms with E-state index in [1.807, 2.05) is 0 Å². The van der Waals surface area contributed by atoms with E-state index in [-0.39, 0.29) is 6.54 Å². The molecule has 1 aliphatic rings. The fourth-order valence-corrected chi connectivity index (χ4v) is 1.38. The topological polar surface area (TPSA) is 124 Å². The molecule has 1 unspecified atom stereocenters. The van der Waals surface area contributed by atoms with Gasteiger partial charge in [-0.05, 0) is 5.53 Å². The van der Waals surface area contributed by atoms with Crippen molar-refractivity contribution < 1.29 is 14.6 Å². The van der Waals surface area contributed by atoms with Crippen LogP contribution < -0.4 is 0 Å². The maximum Gasteiger partial charge on any atom is 0.197 e. The molecule has 0 spiro atoms. The predicted molar refractivity (Wildman–Crippen MR) is 44.6 cm³/mol. The van der Waals surface area contributed by atoms with Crippen LogP contribution in [0.5, 0.6) is 0 Å². The summed E-state index contributed by atoms with van der Waals surface area (Å²) in [6.07, 6.45) is -3.08. The molecule has 1 fully saturated rings. The molecule has 1 heterocycles. The Morgan fingerprint density at radius 2 is 2.43 bits per heavy atom. The van der Waals surface area contributed by atoms with Crippen LogP contribution >= 0.6 is 0 Å². The number of methoxy groups -OCH3 is 1. The third kappa shape index (κ3) is 1.99. The number of aliphatic hydroxyl groups is 1. The van der Waals surface area contributed by atoms with Crippen molar-refractivity contribution in [3.05, 3.63) is 10.4 Å². The quantitative estimate of drug-likeness (QED) is 0.389.